The van der Waals surface area contributed by atoms with Crippen LogP contribution in [0.25, 0.3) is 0 Å². The summed E-state index contributed by atoms with van der Waals surface area (Å²) in [4.78, 5) is 29.0. The summed E-state index contributed by atoms with van der Waals surface area (Å²) in [7, 11) is -1.05. The number of ether oxygens (including phenoxy) is 2. The van der Waals surface area contributed by atoms with Crippen LogP contribution in [-0.4, -0.2) is 58.0 Å². The first-order valence-electron chi connectivity index (χ1n) is 14.2. The standard InChI is InChI=1S/C32H39N3O6S/c1-24(32(37)33-26-12-6-4-7-13-26)34(22-25-11-10-14-29(21-25)41-3)31(36)23-35(27-17-19-28(40-2)20-18-27)42(38,39)30-15-8-5-9-16-30/h5,8-11,14-21,24,26H,4,6-7,12-13,22-23H2,1-3H3,(H,33,37)/t24-/m0/s1. The molecule has 224 valence electrons. The predicted octanol–water partition coefficient (Wildman–Crippen LogP) is 4.77. The zero-order valence-electron chi connectivity index (χ0n) is 24.4. The molecule has 0 heterocycles. The predicted molar refractivity (Wildman–Crippen MR) is 162 cm³/mol. The Labute approximate surface area is 248 Å². The minimum Gasteiger partial charge on any atom is -0.497 e. The Balaban J connectivity index is 1.67. The molecule has 1 aliphatic carbocycles. The first-order valence-corrected chi connectivity index (χ1v) is 15.6. The highest BCUT2D eigenvalue weighted by Crippen LogP contribution is 2.27. The number of rotatable bonds is 12. The van der Waals surface area contributed by atoms with Crippen LogP contribution in [0, 0.1) is 0 Å². The summed E-state index contributed by atoms with van der Waals surface area (Å²) in [6.07, 6.45) is 5.07. The van der Waals surface area contributed by atoms with Crippen molar-refractivity contribution >= 4 is 27.5 Å². The molecule has 0 bridgehead atoms. The summed E-state index contributed by atoms with van der Waals surface area (Å²) in [5.74, 6) is 0.389. The Hall–Kier alpha value is -4.05. The van der Waals surface area contributed by atoms with Crippen LogP contribution in [0.2, 0.25) is 0 Å². The third-order valence-electron chi connectivity index (χ3n) is 7.58. The minimum atomic E-state index is -4.13. The first-order chi connectivity index (χ1) is 20.2. The lowest BCUT2D eigenvalue weighted by molar-refractivity contribution is -0.139. The van der Waals surface area contributed by atoms with Gasteiger partial charge in [0.2, 0.25) is 11.8 Å². The van der Waals surface area contributed by atoms with Gasteiger partial charge in [0.25, 0.3) is 10.0 Å². The average Bonchev–Trinajstić information content (AvgIpc) is 3.03. The van der Waals surface area contributed by atoms with Crippen molar-refractivity contribution in [2.24, 2.45) is 0 Å². The first kappa shape index (κ1) is 30.9. The van der Waals surface area contributed by atoms with Gasteiger partial charge in [-0.3, -0.25) is 13.9 Å². The molecule has 42 heavy (non-hydrogen) atoms. The number of nitrogens with zero attached hydrogens (tertiary/aromatic N) is 2. The van der Waals surface area contributed by atoms with Gasteiger partial charge in [-0.05, 0) is 73.9 Å². The maximum absolute atomic E-state index is 14.1. The van der Waals surface area contributed by atoms with Crippen molar-refractivity contribution in [1.29, 1.82) is 0 Å². The fourth-order valence-electron chi connectivity index (χ4n) is 5.12. The van der Waals surface area contributed by atoms with Gasteiger partial charge in [-0.25, -0.2) is 8.42 Å². The number of methoxy groups -OCH3 is 2. The molecule has 1 saturated carbocycles. The van der Waals surface area contributed by atoms with Gasteiger partial charge in [0.05, 0.1) is 24.8 Å². The van der Waals surface area contributed by atoms with Crippen LogP contribution in [0.15, 0.2) is 83.8 Å². The van der Waals surface area contributed by atoms with Gasteiger partial charge < -0.3 is 19.7 Å². The van der Waals surface area contributed by atoms with E-state index in [1.165, 1.54) is 24.1 Å². The van der Waals surface area contributed by atoms with E-state index in [9.17, 15) is 18.0 Å². The molecule has 3 aromatic carbocycles. The van der Waals surface area contributed by atoms with Gasteiger partial charge in [0.15, 0.2) is 0 Å². The summed E-state index contributed by atoms with van der Waals surface area (Å²) in [6, 6.07) is 20.9. The summed E-state index contributed by atoms with van der Waals surface area (Å²) >= 11 is 0. The van der Waals surface area contributed by atoms with E-state index in [-0.39, 0.29) is 23.4 Å². The molecule has 0 spiro atoms. The van der Waals surface area contributed by atoms with Crippen molar-refractivity contribution in [3.8, 4) is 11.5 Å². The monoisotopic (exact) mass is 593 g/mol. The molecular weight excluding hydrogens is 554 g/mol. The molecule has 4 rings (SSSR count). The lowest BCUT2D eigenvalue weighted by atomic mass is 9.95. The van der Waals surface area contributed by atoms with Crippen molar-refractivity contribution in [1.82, 2.24) is 10.2 Å². The molecule has 1 N–H and O–H groups in total. The summed E-state index contributed by atoms with van der Waals surface area (Å²) < 4.78 is 39.4. The summed E-state index contributed by atoms with van der Waals surface area (Å²) in [5, 5.41) is 3.11. The van der Waals surface area contributed by atoms with E-state index in [1.54, 1.807) is 68.6 Å². The van der Waals surface area contributed by atoms with Gasteiger partial charge in [0, 0.05) is 12.6 Å². The number of nitrogens with one attached hydrogen (secondary N) is 1. The van der Waals surface area contributed by atoms with Gasteiger partial charge in [-0.2, -0.15) is 0 Å². The second kappa shape index (κ2) is 14.2. The minimum absolute atomic E-state index is 0.0519. The van der Waals surface area contributed by atoms with E-state index in [4.69, 9.17) is 9.47 Å². The molecule has 10 heteroatoms. The number of amides is 2. The molecule has 0 unspecified atom stereocenters. The molecule has 2 amide bonds. The number of hydrogen-bond acceptors (Lipinski definition) is 6. The molecule has 1 aliphatic rings. The topological polar surface area (TPSA) is 105 Å². The fourth-order valence-corrected chi connectivity index (χ4v) is 6.55. The van der Waals surface area contributed by atoms with E-state index in [2.05, 4.69) is 5.32 Å². The number of anilines is 1. The maximum atomic E-state index is 14.1. The molecule has 0 radical (unpaired) electrons. The zero-order valence-corrected chi connectivity index (χ0v) is 25.2. The van der Waals surface area contributed by atoms with Crippen LogP contribution in [0.1, 0.15) is 44.6 Å². The molecule has 1 fully saturated rings. The Morgan fingerprint density at radius 2 is 1.55 bits per heavy atom. The maximum Gasteiger partial charge on any atom is 0.264 e. The third kappa shape index (κ3) is 7.61. The van der Waals surface area contributed by atoms with E-state index in [0.717, 1.165) is 42.0 Å². The smallest absolute Gasteiger partial charge is 0.264 e. The van der Waals surface area contributed by atoms with Crippen LogP contribution in [0.5, 0.6) is 11.5 Å². The van der Waals surface area contributed by atoms with Crippen LogP contribution < -0.4 is 19.1 Å². The zero-order chi connectivity index (χ0) is 30.1. The van der Waals surface area contributed by atoms with E-state index < -0.39 is 28.5 Å². The van der Waals surface area contributed by atoms with Gasteiger partial charge in [-0.1, -0.05) is 49.6 Å². The van der Waals surface area contributed by atoms with Crippen molar-refractivity contribution in [3.63, 3.8) is 0 Å². The highest BCUT2D eigenvalue weighted by Gasteiger charge is 2.33. The van der Waals surface area contributed by atoms with Crippen LogP contribution in [0.4, 0.5) is 5.69 Å². The Morgan fingerprint density at radius 1 is 0.881 bits per heavy atom. The average molecular weight is 594 g/mol. The van der Waals surface area contributed by atoms with E-state index in [1.807, 2.05) is 12.1 Å². The van der Waals surface area contributed by atoms with Crippen molar-refractivity contribution < 1.29 is 27.5 Å². The number of hydrogen-bond donors (Lipinski definition) is 1. The second-order valence-corrected chi connectivity index (χ2v) is 12.3. The normalized spacial score (nSPS) is 14.5. The second-order valence-electron chi connectivity index (χ2n) is 10.4. The quantitative estimate of drug-likeness (QED) is 0.325. The summed E-state index contributed by atoms with van der Waals surface area (Å²) in [6.45, 7) is 1.27. The molecule has 1 atom stereocenters. The molecule has 0 aromatic heterocycles. The third-order valence-corrected chi connectivity index (χ3v) is 9.36. The van der Waals surface area contributed by atoms with Gasteiger partial charge >= 0.3 is 0 Å². The van der Waals surface area contributed by atoms with E-state index in [0.29, 0.717) is 17.2 Å². The van der Waals surface area contributed by atoms with Crippen molar-refractivity contribution in [2.75, 3.05) is 25.1 Å². The fraction of sp³-hybridized carbons (Fsp3) is 0.375. The van der Waals surface area contributed by atoms with E-state index >= 15 is 0 Å². The van der Waals surface area contributed by atoms with Gasteiger partial charge in [0.1, 0.15) is 24.1 Å². The number of sulfonamides is 1. The SMILES string of the molecule is COc1ccc(N(CC(=O)N(Cc2cccc(OC)c2)[C@@H](C)C(=O)NC2CCCCC2)S(=O)(=O)c2ccccc2)cc1. The molecule has 0 aliphatic heterocycles. The van der Waals surface area contributed by atoms with Crippen LogP contribution in [0.3, 0.4) is 0 Å². The van der Waals surface area contributed by atoms with Crippen molar-refractivity contribution in [2.45, 2.75) is 62.6 Å². The van der Waals surface area contributed by atoms with Gasteiger partial charge in [-0.15, -0.1) is 0 Å². The molecule has 9 nitrogen and oxygen atoms in total. The largest absolute Gasteiger partial charge is 0.497 e. The highest BCUT2D eigenvalue weighted by atomic mass is 32.2. The molecular formula is C32H39N3O6S. The Kier molecular flexibility index (Phi) is 10.5. The molecule has 3 aromatic rings. The Morgan fingerprint density at radius 3 is 2.19 bits per heavy atom. The van der Waals surface area contributed by atoms with Crippen LogP contribution >= 0.6 is 0 Å². The van der Waals surface area contributed by atoms with Crippen LogP contribution in [-0.2, 0) is 26.2 Å². The van der Waals surface area contributed by atoms with Crippen molar-refractivity contribution in [3.05, 3.63) is 84.4 Å². The highest BCUT2D eigenvalue weighted by molar-refractivity contribution is 7.92. The lowest BCUT2D eigenvalue weighted by Gasteiger charge is -2.33. The molecule has 0 saturated heterocycles. The summed E-state index contributed by atoms with van der Waals surface area (Å²) in [5.41, 5.74) is 1.05. The number of carbonyl (C=O) groups excluding carboxylic acids is 2. The number of carbonyl (C=O) groups is 2. The number of benzene rings is 3. The lowest BCUT2D eigenvalue weighted by Crippen LogP contribution is -2.53. The Bertz CT molecular complexity index is 1440.